The van der Waals surface area contributed by atoms with Crippen LogP contribution in [0.2, 0.25) is 10.0 Å². The zero-order chi connectivity index (χ0) is 16.9. The summed E-state index contributed by atoms with van der Waals surface area (Å²) in [6.07, 6.45) is 9.03. The van der Waals surface area contributed by atoms with Gasteiger partial charge >= 0.3 is 0 Å². The molecule has 1 amide bonds. The fourth-order valence-corrected chi connectivity index (χ4v) is 3.24. The number of benzene rings is 1. The lowest BCUT2D eigenvalue weighted by atomic mass is 9.96. The Hall–Kier alpha value is -1.85. The number of rotatable bonds is 4. The summed E-state index contributed by atoms with van der Waals surface area (Å²) >= 11 is 12.1. The molecule has 0 radical (unpaired) electrons. The van der Waals surface area contributed by atoms with Gasteiger partial charge in [0, 0.05) is 18.4 Å². The number of nitrogens with one attached hydrogen (secondary N) is 2. The lowest BCUT2D eigenvalue weighted by Gasteiger charge is -2.22. The second kappa shape index (κ2) is 7.81. The van der Waals surface area contributed by atoms with Gasteiger partial charge in [0.25, 0.3) is 5.91 Å². The monoisotopic (exact) mass is 364 g/mol. The van der Waals surface area contributed by atoms with E-state index in [4.69, 9.17) is 23.2 Å². The van der Waals surface area contributed by atoms with Crippen molar-refractivity contribution in [3.8, 4) is 0 Å². The first-order valence-electron chi connectivity index (χ1n) is 7.97. The molecular formula is C17H18Cl2N4O. The van der Waals surface area contributed by atoms with Crippen LogP contribution in [0.25, 0.3) is 0 Å². The van der Waals surface area contributed by atoms with Crippen molar-refractivity contribution in [2.45, 2.75) is 38.1 Å². The largest absolute Gasteiger partial charge is 0.351 e. The molecule has 3 rings (SSSR count). The lowest BCUT2D eigenvalue weighted by Crippen LogP contribution is -2.23. The molecule has 0 aliphatic heterocycles. The minimum atomic E-state index is -0.353. The third-order valence-electron chi connectivity index (χ3n) is 4.05. The van der Waals surface area contributed by atoms with E-state index in [1.165, 1.54) is 31.7 Å². The smallest absolute Gasteiger partial charge is 0.258 e. The maximum absolute atomic E-state index is 12.3. The molecule has 0 bridgehead atoms. The highest BCUT2D eigenvalue weighted by atomic mass is 35.5. The Bertz CT molecular complexity index is 695. The van der Waals surface area contributed by atoms with Gasteiger partial charge in [-0.05, 0) is 25.0 Å². The molecular weight excluding hydrogens is 347 g/mol. The first kappa shape index (κ1) is 17.0. The SMILES string of the molecule is O=C(Nc1c(Cl)cccc1Cl)c1cnc(NC2CCCCC2)nc1. The van der Waals surface area contributed by atoms with Crippen LogP contribution in [0.5, 0.6) is 0 Å². The molecule has 0 atom stereocenters. The van der Waals surface area contributed by atoms with Crippen molar-refractivity contribution < 1.29 is 4.79 Å². The van der Waals surface area contributed by atoms with Crippen LogP contribution in [-0.4, -0.2) is 21.9 Å². The highest BCUT2D eigenvalue weighted by Crippen LogP contribution is 2.30. The first-order chi connectivity index (χ1) is 11.6. The highest BCUT2D eigenvalue weighted by molar-refractivity contribution is 6.40. The number of carbonyl (C=O) groups excluding carboxylic acids is 1. The van der Waals surface area contributed by atoms with Crippen LogP contribution >= 0.6 is 23.2 Å². The molecule has 7 heteroatoms. The molecule has 1 aromatic carbocycles. The maximum Gasteiger partial charge on any atom is 0.258 e. The second-order valence-electron chi connectivity index (χ2n) is 5.83. The number of nitrogens with zero attached hydrogens (tertiary/aromatic N) is 2. The van der Waals surface area contributed by atoms with Gasteiger partial charge in [0.15, 0.2) is 0 Å². The van der Waals surface area contributed by atoms with Crippen molar-refractivity contribution in [3.05, 3.63) is 46.2 Å². The Morgan fingerprint density at radius 2 is 1.67 bits per heavy atom. The van der Waals surface area contributed by atoms with E-state index in [0.717, 1.165) is 12.8 Å². The summed E-state index contributed by atoms with van der Waals surface area (Å²) in [5.41, 5.74) is 0.732. The summed E-state index contributed by atoms with van der Waals surface area (Å²) in [6, 6.07) is 5.46. The van der Waals surface area contributed by atoms with Crippen LogP contribution in [0.1, 0.15) is 42.5 Å². The van der Waals surface area contributed by atoms with Gasteiger partial charge in [-0.1, -0.05) is 48.5 Å². The van der Waals surface area contributed by atoms with Crippen molar-refractivity contribution in [2.75, 3.05) is 10.6 Å². The molecule has 1 aliphatic rings. The van der Waals surface area contributed by atoms with Gasteiger partial charge in [-0.15, -0.1) is 0 Å². The summed E-state index contributed by atoms with van der Waals surface area (Å²) in [5, 5.41) is 6.77. The molecule has 0 saturated heterocycles. The third-order valence-corrected chi connectivity index (χ3v) is 4.68. The molecule has 24 heavy (non-hydrogen) atoms. The third kappa shape index (κ3) is 4.16. The van der Waals surface area contributed by atoms with E-state index in [1.807, 2.05) is 0 Å². The molecule has 0 spiro atoms. The molecule has 0 unspecified atom stereocenters. The number of amides is 1. The topological polar surface area (TPSA) is 66.9 Å². The van der Waals surface area contributed by atoms with E-state index >= 15 is 0 Å². The number of carbonyl (C=O) groups is 1. The fraction of sp³-hybridized carbons (Fsp3) is 0.353. The van der Waals surface area contributed by atoms with E-state index < -0.39 is 0 Å². The number of hydrogen-bond donors (Lipinski definition) is 2. The summed E-state index contributed by atoms with van der Waals surface area (Å²) < 4.78 is 0. The molecule has 1 saturated carbocycles. The Morgan fingerprint density at radius 1 is 1.04 bits per heavy atom. The highest BCUT2D eigenvalue weighted by Gasteiger charge is 2.15. The molecule has 1 heterocycles. The number of para-hydroxylation sites is 1. The summed E-state index contributed by atoms with van der Waals surface area (Å²) in [4.78, 5) is 20.8. The summed E-state index contributed by atoms with van der Waals surface area (Å²) in [5.74, 6) is 0.198. The predicted molar refractivity (Wildman–Crippen MR) is 96.9 cm³/mol. The molecule has 5 nitrogen and oxygen atoms in total. The zero-order valence-electron chi connectivity index (χ0n) is 13.1. The van der Waals surface area contributed by atoms with Crippen molar-refractivity contribution in [3.63, 3.8) is 0 Å². The number of hydrogen-bond acceptors (Lipinski definition) is 4. The lowest BCUT2D eigenvalue weighted by molar-refractivity contribution is 0.102. The van der Waals surface area contributed by atoms with E-state index in [-0.39, 0.29) is 5.91 Å². The molecule has 2 N–H and O–H groups in total. The van der Waals surface area contributed by atoms with Crippen LogP contribution in [0, 0.1) is 0 Å². The molecule has 126 valence electrons. The predicted octanol–water partition coefficient (Wildman–Crippen LogP) is 4.78. The molecule has 1 aromatic heterocycles. The van der Waals surface area contributed by atoms with E-state index in [1.54, 1.807) is 18.2 Å². The van der Waals surface area contributed by atoms with E-state index in [9.17, 15) is 4.79 Å². The maximum atomic E-state index is 12.3. The van der Waals surface area contributed by atoms with Gasteiger partial charge < -0.3 is 10.6 Å². The van der Waals surface area contributed by atoms with Crippen LogP contribution in [0.4, 0.5) is 11.6 Å². The minimum absolute atomic E-state index is 0.347. The van der Waals surface area contributed by atoms with Crippen molar-refractivity contribution >= 4 is 40.7 Å². The minimum Gasteiger partial charge on any atom is -0.351 e. The average molecular weight is 365 g/mol. The summed E-state index contributed by atoms with van der Waals surface area (Å²) in [6.45, 7) is 0. The summed E-state index contributed by atoms with van der Waals surface area (Å²) in [7, 11) is 0. The first-order valence-corrected chi connectivity index (χ1v) is 8.73. The van der Waals surface area contributed by atoms with Gasteiger partial charge in [0.05, 0.1) is 21.3 Å². The van der Waals surface area contributed by atoms with Crippen LogP contribution in [-0.2, 0) is 0 Å². The van der Waals surface area contributed by atoms with Crippen molar-refractivity contribution in [1.82, 2.24) is 9.97 Å². The molecule has 2 aromatic rings. The fourth-order valence-electron chi connectivity index (χ4n) is 2.75. The van der Waals surface area contributed by atoms with Gasteiger partial charge in [-0.25, -0.2) is 9.97 Å². The van der Waals surface area contributed by atoms with Crippen LogP contribution < -0.4 is 10.6 Å². The molecule has 1 aliphatic carbocycles. The Morgan fingerprint density at radius 3 is 2.29 bits per heavy atom. The molecule has 1 fully saturated rings. The average Bonchev–Trinajstić information content (AvgIpc) is 2.60. The van der Waals surface area contributed by atoms with Crippen molar-refractivity contribution in [2.24, 2.45) is 0 Å². The van der Waals surface area contributed by atoms with E-state index in [2.05, 4.69) is 20.6 Å². The number of anilines is 2. The standard InChI is InChI=1S/C17H18Cl2N4O/c18-13-7-4-8-14(19)15(13)23-16(24)11-9-20-17(21-10-11)22-12-5-2-1-3-6-12/h4,7-10,12H,1-3,5-6H2,(H,23,24)(H,20,21,22). The van der Waals surface area contributed by atoms with Crippen molar-refractivity contribution in [1.29, 1.82) is 0 Å². The quantitative estimate of drug-likeness (QED) is 0.818. The second-order valence-corrected chi connectivity index (χ2v) is 6.64. The Balaban J connectivity index is 1.65. The van der Waals surface area contributed by atoms with E-state index in [0.29, 0.717) is 33.3 Å². The number of aromatic nitrogens is 2. The van der Waals surface area contributed by atoms with Crippen LogP contribution in [0.3, 0.4) is 0 Å². The normalized spacial score (nSPS) is 15.1. The van der Waals surface area contributed by atoms with Crippen LogP contribution in [0.15, 0.2) is 30.6 Å². The zero-order valence-corrected chi connectivity index (χ0v) is 14.6. The number of halogens is 2. The Labute approximate surface area is 150 Å². The Kier molecular flexibility index (Phi) is 5.53. The van der Waals surface area contributed by atoms with Gasteiger partial charge in [0.2, 0.25) is 5.95 Å². The van der Waals surface area contributed by atoms with Gasteiger partial charge in [-0.2, -0.15) is 0 Å². The van der Waals surface area contributed by atoms with Gasteiger partial charge in [-0.3, -0.25) is 4.79 Å². The van der Waals surface area contributed by atoms with Gasteiger partial charge in [0.1, 0.15) is 0 Å².